The number of aromatic nitrogens is 1. The summed E-state index contributed by atoms with van der Waals surface area (Å²) in [5.41, 5.74) is 2.86. The van der Waals surface area contributed by atoms with Crippen molar-refractivity contribution in [2.75, 3.05) is 6.61 Å². The predicted molar refractivity (Wildman–Crippen MR) is 72.3 cm³/mol. The topological polar surface area (TPSA) is 44.4 Å². The van der Waals surface area contributed by atoms with Crippen molar-refractivity contribution in [3.8, 4) is 0 Å². The molecule has 0 N–H and O–H groups in total. The number of carbonyl (C=O) groups excluding carboxylic acids is 1. The number of carbonyl (C=O) groups is 1. The van der Waals surface area contributed by atoms with E-state index in [0.29, 0.717) is 6.61 Å². The molecule has 2 heterocycles. The first-order valence-corrected chi connectivity index (χ1v) is 6.43. The van der Waals surface area contributed by atoms with Gasteiger partial charge in [0.15, 0.2) is 5.78 Å². The van der Waals surface area contributed by atoms with Crippen LogP contribution in [-0.2, 0) is 17.9 Å². The second-order valence-electron chi connectivity index (χ2n) is 4.52. The second-order valence-corrected chi connectivity index (χ2v) is 4.52. The summed E-state index contributed by atoms with van der Waals surface area (Å²) in [4.78, 5) is 12.1. The minimum Gasteiger partial charge on any atom is -0.467 e. The van der Waals surface area contributed by atoms with Gasteiger partial charge in [-0.05, 0) is 39.0 Å². The average molecular weight is 261 g/mol. The molecule has 0 saturated carbocycles. The standard InChI is InChI=1S/C15H19NO3/c1-4-16-11(2)8-14(12(16)3)15(17)10-18-9-13-6-5-7-19-13/h5-8H,4,9-10H2,1-3H3. The zero-order valence-corrected chi connectivity index (χ0v) is 11.6. The number of nitrogens with zero attached hydrogens (tertiary/aromatic N) is 1. The van der Waals surface area contributed by atoms with Crippen LogP contribution in [0.5, 0.6) is 0 Å². The molecule has 2 aromatic rings. The minimum atomic E-state index is 0.0133. The third-order valence-corrected chi connectivity index (χ3v) is 3.25. The molecule has 4 nitrogen and oxygen atoms in total. The van der Waals surface area contributed by atoms with Gasteiger partial charge < -0.3 is 13.7 Å². The Balaban J connectivity index is 1.96. The zero-order chi connectivity index (χ0) is 13.8. The molecular formula is C15H19NO3. The fourth-order valence-corrected chi connectivity index (χ4v) is 2.29. The van der Waals surface area contributed by atoms with Crippen molar-refractivity contribution in [2.45, 2.75) is 33.9 Å². The molecule has 2 aromatic heterocycles. The molecule has 0 fully saturated rings. The lowest BCUT2D eigenvalue weighted by molar-refractivity contribution is 0.0690. The highest BCUT2D eigenvalue weighted by atomic mass is 16.5. The molecule has 0 atom stereocenters. The second kappa shape index (κ2) is 5.89. The Bertz CT molecular complexity index is 552. The first kappa shape index (κ1) is 13.6. The van der Waals surface area contributed by atoms with Crippen LogP contribution >= 0.6 is 0 Å². The number of ether oxygens (including phenoxy) is 1. The Kier molecular flexibility index (Phi) is 4.22. The van der Waals surface area contributed by atoms with Gasteiger partial charge in [-0.25, -0.2) is 0 Å². The molecule has 0 spiro atoms. The number of aryl methyl sites for hydroxylation is 1. The SMILES string of the molecule is CCn1c(C)cc(C(=O)COCc2ccco2)c1C. The van der Waals surface area contributed by atoms with Crippen LogP contribution in [-0.4, -0.2) is 17.0 Å². The van der Waals surface area contributed by atoms with Gasteiger partial charge in [-0.3, -0.25) is 4.79 Å². The molecule has 0 aliphatic heterocycles. The maximum absolute atomic E-state index is 12.1. The summed E-state index contributed by atoms with van der Waals surface area (Å²) in [5.74, 6) is 0.742. The van der Waals surface area contributed by atoms with Crippen LogP contribution in [0.15, 0.2) is 28.9 Å². The molecule has 0 saturated heterocycles. The third-order valence-electron chi connectivity index (χ3n) is 3.25. The Hall–Kier alpha value is -1.81. The van der Waals surface area contributed by atoms with Gasteiger partial charge in [0.1, 0.15) is 19.0 Å². The van der Waals surface area contributed by atoms with E-state index in [2.05, 4.69) is 11.5 Å². The number of furan rings is 1. The molecule has 0 bridgehead atoms. The van der Waals surface area contributed by atoms with Crippen molar-refractivity contribution in [1.29, 1.82) is 0 Å². The van der Waals surface area contributed by atoms with E-state index in [0.717, 1.165) is 29.3 Å². The maximum atomic E-state index is 12.1. The Labute approximate surface area is 113 Å². The third kappa shape index (κ3) is 2.96. The molecule has 0 radical (unpaired) electrons. The van der Waals surface area contributed by atoms with E-state index in [1.54, 1.807) is 12.3 Å². The number of Topliss-reactive ketones (excluding diaryl/α,β-unsaturated/α-hetero) is 1. The monoisotopic (exact) mass is 261 g/mol. The predicted octanol–water partition coefficient (Wildman–Crippen LogP) is 3.12. The molecule has 4 heteroatoms. The lowest BCUT2D eigenvalue weighted by Gasteiger charge is -2.05. The van der Waals surface area contributed by atoms with E-state index >= 15 is 0 Å². The van der Waals surface area contributed by atoms with Gasteiger partial charge >= 0.3 is 0 Å². The van der Waals surface area contributed by atoms with E-state index < -0.39 is 0 Å². The summed E-state index contributed by atoms with van der Waals surface area (Å²) in [5, 5.41) is 0. The molecule has 0 aliphatic rings. The van der Waals surface area contributed by atoms with Crippen molar-refractivity contribution in [3.63, 3.8) is 0 Å². The van der Waals surface area contributed by atoms with Crippen LogP contribution in [0.3, 0.4) is 0 Å². The highest BCUT2D eigenvalue weighted by molar-refractivity contribution is 5.98. The molecule has 0 aliphatic carbocycles. The van der Waals surface area contributed by atoms with E-state index in [1.165, 1.54) is 0 Å². The van der Waals surface area contributed by atoms with Gasteiger partial charge in [0.25, 0.3) is 0 Å². The number of ketones is 1. The fraction of sp³-hybridized carbons (Fsp3) is 0.400. The number of rotatable bonds is 6. The van der Waals surface area contributed by atoms with Crippen LogP contribution < -0.4 is 0 Å². The Morgan fingerprint density at radius 3 is 2.79 bits per heavy atom. The molecule has 0 amide bonds. The summed E-state index contributed by atoms with van der Waals surface area (Å²) in [6.07, 6.45) is 1.59. The van der Waals surface area contributed by atoms with Crippen LogP contribution in [0.1, 0.15) is 34.4 Å². The molecule has 0 aromatic carbocycles. The molecule has 0 unspecified atom stereocenters. The van der Waals surface area contributed by atoms with Gasteiger partial charge in [-0.15, -0.1) is 0 Å². The quantitative estimate of drug-likeness (QED) is 0.750. The Morgan fingerprint density at radius 2 is 2.21 bits per heavy atom. The average Bonchev–Trinajstić information content (AvgIpc) is 2.98. The first-order valence-electron chi connectivity index (χ1n) is 6.43. The van der Waals surface area contributed by atoms with Crippen LogP contribution in [0.4, 0.5) is 0 Å². The van der Waals surface area contributed by atoms with Crippen molar-refractivity contribution in [1.82, 2.24) is 4.57 Å². The number of hydrogen-bond donors (Lipinski definition) is 0. The van der Waals surface area contributed by atoms with Crippen molar-refractivity contribution < 1.29 is 13.9 Å². The van der Waals surface area contributed by atoms with Crippen LogP contribution in [0, 0.1) is 13.8 Å². The van der Waals surface area contributed by atoms with E-state index in [1.807, 2.05) is 26.0 Å². The van der Waals surface area contributed by atoms with Gasteiger partial charge in [0.2, 0.25) is 0 Å². The van der Waals surface area contributed by atoms with Crippen molar-refractivity contribution in [3.05, 3.63) is 47.2 Å². The summed E-state index contributed by atoms with van der Waals surface area (Å²) in [6, 6.07) is 5.56. The van der Waals surface area contributed by atoms with E-state index in [4.69, 9.17) is 9.15 Å². The molecular weight excluding hydrogens is 242 g/mol. The van der Waals surface area contributed by atoms with Gasteiger partial charge in [-0.2, -0.15) is 0 Å². The highest BCUT2D eigenvalue weighted by Crippen LogP contribution is 2.16. The van der Waals surface area contributed by atoms with Gasteiger partial charge in [0, 0.05) is 23.5 Å². The maximum Gasteiger partial charge on any atom is 0.190 e. The van der Waals surface area contributed by atoms with E-state index in [-0.39, 0.29) is 12.4 Å². The fourth-order valence-electron chi connectivity index (χ4n) is 2.29. The lowest BCUT2D eigenvalue weighted by atomic mass is 10.1. The summed E-state index contributed by atoms with van der Waals surface area (Å²) in [6.45, 7) is 7.33. The molecule has 102 valence electrons. The summed E-state index contributed by atoms with van der Waals surface area (Å²) < 4.78 is 12.6. The van der Waals surface area contributed by atoms with E-state index in [9.17, 15) is 4.79 Å². The lowest BCUT2D eigenvalue weighted by Crippen LogP contribution is -2.10. The Morgan fingerprint density at radius 1 is 1.42 bits per heavy atom. The highest BCUT2D eigenvalue weighted by Gasteiger charge is 2.15. The van der Waals surface area contributed by atoms with Crippen molar-refractivity contribution >= 4 is 5.78 Å². The van der Waals surface area contributed by atoms with Crippen LogP contribution in [0.25, 0.3) is 0 Å². The minimum absolute atomic E-state index is 0.0133. The number of hydrogen-bond acceptors (Lipinski definition) is 3. The largest absolute Gasteiger partial charge is 0.467 e. The summed E-state index contributed by atoms with van der Waals surface area (Å²) in [7, 11) is 0. The van der Waals surface area contributed by atoms with Gasteiger partial charge in [0.05, 0.1) is 6.26 Å². The smallest absolute Gasteiger partial charge is 0.190 e. The van der Waals surface area contributed by atoms with Crippen LogP contribution in [0.2, 0.25) is 0 Å². The van der Waals surface area contributed by atoms with Gasteiger partial charge in [-0.1, -0.05) is 0 Å². The normalized spacial score (nSPS) is 10.9. The summed E-state index contributed by atoms with van der Waals surface area (Å²) >= 11 is 0. The molecule has 19 heavy (non-hydrogen) atoms. The zero-order valence-electron chi connectivity index (χ0n) is 11.6. The molecule has 2 rings (SSSR count). The first-order chi connectivity index (χ1) is 9.13. The van der Waals surface area contributed by atoms with Crippen molar-refractivity contribution in [2.24, 2.45) is 0 Å².